The SMILES string of the molecule is C1CCCC1.C1CCCC1.C[Si](C)(C)[C@@H]([N-]c1ccccc1)C1(O)O[C@H](c2ccccc2)[C@@H](c2ccccc2)O1.[Zr+3]. The maximum atomic E-state index is 11.7. The Morgan fingerprint density at radius 3 is 1.24 bits per heavy atom. The fourth-order valence-corrected chi connectivity index (χ4v) is 7.44. The Labute approximate surface area is 268 Å². The van der Waals surface area contributed by atoms with Gasteiger partial charge in [0.1, 0.15) is 12.2 Å². The molecule has 3 aliphatic rings. The summed E-state index contributed by atoms with van der Waals surface area (Å²) in [6.45, 7) is 6.51. The Balaban J connectivity index is 0.000000352. The zero-order valence-electron chi connectivity index (χ0n) is 25.2. The quantitative estimate of drug-likeness (QED) is 0.271. The first kappa shape index (κ1) is 33.9. The number of hydrogen-bond acceptors (Lipinski definition) is 3. The number of benzene rings is 3. The Kier molecular flexibility index (Phi) is 14.0. The molecular formula is C35H48NO3SiZr+2. The van der Waals surface area contributed by atoms with Gasteiger partial charge in [0.15, 0.2) is 0 Å². The van der Waals surface area contributed by atoms with Crippen molar-refractivity contribution < 1.29 is 40.8 Å². The second kappa shape index (κ2) is 16.9. The summed E-state index contributed by atoms with van der Waals surface area (Å²) in [7, 11) is -2.03. The van der Waals surface area contributed by atoms with Gasteiger partial charge in [0.2, 0.25) is 0 Å². The molecule has 0 aromatic heterocycles. The van der Waals surface area contributed by atoms with Crippen LogP contribution in [0.1, 0.15) is 87.5 Å². The van der Waals surface area contributed by atoms with Crippen molar-refractivity contribution >= 4 is 13.8 Å². The average molecular weight is 650 g/mol. The molecule has 1 heterocycles. The van der Waals surface area contributed by atoms with Crippen LogP contribution in [0.3, 0.4) is 0 Å². The van der Waals surface area contributed by atoms with Gasteiger partial charge < -0.3 is 19.9 Å². The van der Waals surface area contributed by atoms with E-state index in [0.29, 0.717) is 0 Å². The summed E-state index contributed by atoms with van der Waals surface area (Å²) in [5.74, 6) is -1.80. The Bertz CT molecular complexity index is 1030. The van der Waals surface area contributed by atoms with Gasteiger partial charge >= 0.3 is 26.2 Å². The third kappa shape index (κ3) is 10.3. The predicted octanol–water partition coefficient (Wildman–Crippen LogP) is 10.0. The third-order valence-corrected chi connectivity index (χ3v) is 9.96. The first-order valence-corrected chi connectivity index (χ1v) is 18.9. The van der Waals surface area contributed by atoms with Gasteiger partial charge in [0.05, 0.1) is 0 Å². The van der Waals surface area contributed by atoms with Gasteiger partial charge in [-0.2, -0.15) is 0 Å². The number of para-hydroxylation sites is 1. The van der Waals surface area contributed by atoms with Crippen LogP contribution in [0, 0.1) is 0 Å². The monoisotopic (exact) mass is 648 g/mol. The Hall–Kier alpha value is -1.56. The molecule has 1 aliphatic heterocycles. The average Bonchev–Trinajstić information content (AvgIpc) is 3.78. The van der Waals surface area contributed by atoms with Crippen LogP contribution in [-0.2, 0) is 35.7 Å². The van der Waals surface area contributed by atoms with Gasteiger partial charge in [-0.3, -0.25) is 0 Å². The molecular weight excluding hydrogens is 602 g/mol. The van der Waals surface area contributed by atoms with Crippen LogP contribution in [0.5, 0.6) is 0 Å². The second-order valence-electron chi connectivity index (χ2n) is 12.3. The zero-order valence-corrected chi connectivity index (χ0v) is 28.6. The third-order valence-electron chi connectivity index (χ3n) is 7.82. The van der Waals surface area contributed by atoms with Crippen molar-refractivity contribution in [3.8, 4) is 0 Å². The summed E-state index contributed by atoms with van der Waals surface area (Å²) in [5, 5.41) is 16.6. The van der Waals surface area contributed by atoms with E-state index in [1.165, 1.54) is 64.2 Å². The molecule has 6 rings (SSSR count). The van der Waals surface area contributed by atoms with Gasteiger partial charge in [-0.1, -0.05) is 175 Å². The summed E-state index contributed by atoms with van der Waals surface area (Å²) >= 11 is 0. The van der Waals surface area contributed by atoms with Gasteiger partial charge in [-0.25, -0.2) is 0 Å². The molecule has 0 amide bonds. The van der Waals surface area contributed by atoms with E-state index in [1.807, 2.05) is 91.0 Å². The van der Waals surface area contributed by atoms with Crippen molar-refractivity contribution in [3.63, 3.8) is 0 Å². The van der Waals surface area contributed by atoms with Crippen molar-refractivity contribution in [2.24, 2.45) is 0 Å². The van der Waals surface area contributed by atoms with Crippen LogP contribution in [-0.4, -0.2) is 24.8 Å². The smallest absolute Gasteiger partial charge is 0.678 e. The fourth-order valence-electron chi connectivity index (χ4n) is 5.67. The van der Waals surface area contributed by atoms with E-state index in [-0.39, 0.29) is 26.2 Å². The molecule has 4 nitrogen and oxygen atoms in total. The molecule has 2 aliphatic carbocycles. The number of nitrogens with zero attached hydrogens (tertiary/aromatic N) is 1. The first-order chi connectivity index (χ1) is 19.4. The van der Waals surface area contributed by atoms with Crippen molar-refractivity contribution in [1.29, 1.82) is 0 Å². The van der Waals surface area contributed by atoms with E-state index < -0.39 is 31.9 Å². The Morgan fingerprint density at radius 1 is 0.610 bits per heavy atom. The molecule has 0 spiro atoms. The van der Waals surface area contributed by atoms with E-state index in [9.17, 15) is 5.11 Å². The fraction of sp³-hybridized carbons (Fsp3) is 0.486. The molecule has 1 saturated heterocycles. The molecule has 41 heavy (non-hydrogen) atoms. The van der Waals surface area contributed by atoms with Crippen molar-refractivity contribution in [2.75, 3.05) is 0 Å². The van der Waals surface area contributed by atoms with E-state index in [1.54, 1.807) is 0 Å². The molecule has 3 aromatic carbocycles. The minimum absolute atomic E-state index is 0. The summed E-state index contributed by atoms with van der Waals surface area (Å²) < 4.78 is 12.7. The second-order valence-corrected chi connectivity index (χ2v) is 17.6. The summed E-state index contributed by atoms with van der Waals surface area (Å²) in [4.78, 5) is 0. The minimum Gasteiger partial charge on any atom is -0.678 e. The summed E-state index contributed by atoms with van der Waals surface area (Å²) in [6.07, 6.45) is 14.1. The van der Waals surface area contributed by atoms with Crippen molar-refractivity contribution in [2.45, 2.75) is 108 Å². The van der Waals surface area contributed by atoms with E-state index in [0.717, 1.165) is 16.8 Å². The molecule has 1 N–H and O–H groups in total. The number of aliphatic hydroxyl groups is 1. The standard InChI is InChI=1S/C25H28NO3Si.2C5H10.Zr/c1-30(2,3)24(26-21-17-11-6-12-18-21)25(27)28-22(19-13-7-4-8-14-19)23(29-25)20-15-9-5-10-16-20;2*1-2-4-5-3-1;/h4-18,22-24,27H,1-3H3;2*1-5H2;/q-1;;;+3/t22-,23-,24-;;;/m1.../s1. The zero-order chi connectivity index (χ0) is 28.3. The van der Waals surface area contributed by atoms with Gasteiger partial charge in [-0.05, 0) is 16.8 Å². The number of ether oxygens (including phenoxy) is 2. The molecule has 3 aromatic rings. The van der Waals surface area contributed by atoms with E-state index >= 15 is 0 Å². The maximum Gasteiger partial charge on any atom is 3.00 e. The molecule has 0 bridgehead atoms. The van der Waals surface area contributed by atoms with Crippen LogP contribution in [0.25, 0.3) is 5.32 Å². The molecule has 0 unspecified atom stereocenters. The molecule has 6 heteroatoms. The predicted molar refractivity (Wildman–Crippen MR) is 168 cm³/mol. The molecule has 217 valence electrons. The van der Waals surface area contributed by atoms with Crippen LogP contribution < -0.4 is 0 Å². The summed E-state index contributed by atoms with van der Waals surface area (Å²) in [5.41, 5.74) is 2.25. The topological polar surface area (TPSA) is 52.8 Å². The Morgan fingerprint density at radius 2 is 0.927 bits per heavy atom. The van der Waals surface area contributed by atoms with Gasteiger partial charge in [0.25, 0.3) is 5.97 Å². The van der Waals surface area contributed by atoms with Crippen molar-refractivity contribution in [3.05, 3.63) is 107 Å². The van der Waals surface area contributed by atoms with E-state index in [2.05, 4.69) is 19.6 Å². The normalized spacial score (nSPS) is 21.9. The first-order valence-electron chi connectivity index (χ1n) is 15.3. The van der Waals surface area contributed by atoms with Crippen LogP contribution in [0.2, 0.25) is 19.6 Å². The van der Waals surface area contributed by atoms with Crippen molar-refractivity contribution in [1.82, 2.24) is 0 Å². The minimum atomic E-state index is -2.03. The molecule has 2 saturated carbocycles. The van der Waals surface area contributed by atoms with Crippen LogP contribution in [0.15, 0.2) is 91.0 Å². The molecule has 1 radical (unpaired) electrons. The van der Waals surface area contributed by atoms with E-state index in [4.69, 9.17) is 14.8 Å². The van der Waals surface area contributed by atoms with Gasteiger partial charge in [-0.15, -0.1) is 5.69 Å². The maximum absolute atomic E-state index is 11.7. The number of hydrogen-bond donors (Lipinski definition) is 1. The van der Waals surface area contributed by atoms with Crippen LogP contribution in [0.4, 0.5) is 5.69 Å². The van der Waals surface area contributed by atoms with Gasteiger partial charge in [0, 0.05) is 8.07 Å². The molecule has 3 atom stereocenters. The largest absolute Gasteiger partial charge is 3.00 e. The summed E-state index contributed by atoms with van der Waals surface area (Å²) in [6, 6.07) is 29.6. The van der Waals surface area contributed by atoms with Crippen LogP contribution >= 0.6 is 0 Å². The molecule has 3 fully saturated rings. The number of rotatable bonds is 6.